The van der Waals surface area contributed by atoms with E-state index < -0.39 is 18.0 Å². The molecule has 2 aliphatic rings. The van der Waals surface area contributed by atoms with Gasteiger partial charge in [0.1, 0.15) is 18.0 Å². The molecular weight excluding hydrogens is 398 g/mol. The predicted octanol–water partition coefficient (Wildman–Crippen LogP) is 3.47. The molecule has 4 rings (SSSR count). The molecule has 1 aromatic carbocycles. The van der Waals surface area contributed by atoms with Crippen LogP contribution < -0.4 is 5.73 Å². The number of fused-ring (bicyclic) bond motifs is 1. The number of rotatable bonds is 4. The molecule has 3 atom stereocenters. The average molecular weight is 413 g/mol. The molecule has 0 bridgehead atoms. The summed E-state index contributed by atoms with van der Waals surface area (Å²) < 4.78 is 31.1. The van der Waals surface area contributed by atoms with Crippen LogP contribution in [0.4, 0.5) is 8.78 Å². The van der Waals surface area contributed by atoms with Gasteiger partial charge in [0, 0.05) is 39.6 Å². The van der Waals surface area contributed by atoms with E-state index in [-0.39, 0.29) is 16.2 Å². The van der Waals surface area contributed by atoms with Gasteiger partial charge < -0.3 is 10.3 Å². The Kier molecular flexibility index (Phi) is 3.72. The van der Waals surface area contributed by atoms with Gasteiger partial charge in [-0.15, -0.1) is 0 Å². The van der Waals surface area contributed by atoms with Crippen molar-refractivity contribution in [3.63, 3.8) is 0 Å². The maximum Gasteiger partial charge on any atom is 0.155 e. The van der Waals surface area contributed by atoms with E-state index in [0.29, 0.717) is 16.2 Å². The third kappa shape index (κ3) is 2.38. The lowest BCUT2D eigenvalue weighted by atomic mass is 9.85. The van der Waals surface area contributed by atoms with Crippen LogP contribution in [-0.4, -0.2) is 26.1 Å². The van der Waals surface area contributed by atoms with Gasteiger partial charge in [0.15, 0.2) is 5.17 Å². The topological polar surface area (TPSA) is 56.2 Å². The maximum absolute atomic E-state index is 14.5. The Morgan fingerprint density at radius 1 is 1.46 bits per heavy atom. The first-order valence-corrected chi connectivity index (χ1v) is 9.12. The number of aromatic nitrogens is 2. The number of halogens is 3. The lowest BCUT2D eigenvalue weighted by Crippen LogP contribution is -2.41. The van der Waals surface area contributed by atoms with Crippen molar-refractivity contribution in [2.75, 3.05) is 6.67 Å². The monoisotopic (exact) mass is 412 g/mol. The van der Waals surface area contributed by atoms with Gasteiger partial charge in [-0.1, -0.05) is 27.7 Å². The highest BCUT2D eigenvalue weighted by molar-refractivity contribution is 9.10. The van der Waals surface area contributed by atoms with Crippen LogP contribution in [0.1, 0.15) is 12.0 Å². The third-order valence-electron chi connectivity index (χ3n) is 4.83. The van der Waals surface area contributed by atoms with Crippen molar-refractivity contribution in [2.24, 2.45) is 16.6 Å². The lowest BCUT2D eigenvalue weighted by Gasteiger charge is -2.35. The van der Waals surface area contributed by atoms with Gasteiger partial charge in [-0.05, 0) is 24.6 Å². The van der Waals surface area contributed by atoms with Gasteiger partial charge in [0.2, 0.25) is 0 Å². The second kappa shape index (κ2) is 5.56. The summed E-state index contributed by atoms with van der Waals surface area (Å²) in [5.74, 6) is -0.568. The summed E-state index contributed by atoms with van der Waals surface area (Å²) in [5, 5.41) is 0.306. The van der Waals surface area contributed by atoms with Crippen LogP contribution in [0.3, 0.4) is 0 Å². The number of nitrogens with zero attached hydrogens (tertiary/aromatic N) is 3. The molecule has 2 heterocycles. The van der Waals surface area contributed by atoms with Crippen molar-refractivity contribution < 1.29 is 8.78 Å². The first-order valence-electron chi connectivity index (χ1n) is 7.51. The Hall–Kier alpha value is -1.41. The van der Waals surface area contributed by atoms with Gasteiger partial charge in [-0.2, -0.15) is 0 Å². The Labute approximate surface area is 150 Å². The minimum atomic E-state index is -1.26. The first kappa shape index (κ1) is 16.1. The number of aliphatic imine (C=N–C) groups is 1. The van der Waals surface area contributed by atoms with Gasteiger partial charge in [-0.3, -0.25) is 0 Å². The largest absolute Gasteiger partial charge is 0.378 e. The molecule has 1 fully saturated rings. The van der Waals surface area contributed by atoms with Crippen LogP contribution in [0.5, 0.6) is 0 Å². The SMILES string of the molecule is NC1=N[C@](CF)(c2cc(Br)ccc2F)[C@@H]2C[C@]2(Cn2ccnc2)S1. The van der Waals surface area contributed by atoms with Gasteiger partial charge in [0.05, 0.1) is 6.33 Å². The van der Waals surface area contributed by atoms with Crippen molar-refractivity contribution in [1.82, 2.24) is 9.55 Å². The molecule has 1 aromatic heterocycles. The molecule has 126 valence electrons. The van der Waals surface area contributed by atoms with Crippen molar-refractivity contribution >= 4 is 32.9 Å². The molecule has 0 saturated heterocycles. The van der Waals surface area contributed by atoms with Crippen LogP contribution in [0, 0.1) is 11.7 Å². The van der Waals surface area contributed by atoms with Gasteiger partial charge >= 0.3 is 0 Å². The minimum absolute atomic E-state index is 0.113. The summed E-state index contributed by atoms with van der Waals surface area (Å²) in [6, 6.07) is 4.55. The van der Waals surface area contributed by atoms with Crippen molar-refractivity contribution in [3.8, 4) is 0 Å². The van der Waals surface area contributed by atoms with Crippen LogP contribution in [-0.2, 0) is 12.1 Å². The van der Waals surface area contributed by atoms with Crippen LogP contribution in [0.25, 0.3) is 0 Å². The highest BCUT2D eigenvalue weighted by Crippen LogP contribution is 2.66. The Bertz CT molecular complexity index is 812. The Morgan fingerprint density at radius 3 is 3.00 bits per heavy atom. The smallest absolute Gasteiger partial charge is 0.155 e. The van der Waals surface area contributed by atoms with Crippen LogP contribution >= 0.6 is 27.7 Å². The molecular formula is C16H15BrF2N4S. The molecule has 8 heteroatoms. The molecule has 2 aromatic rings. The zero-order valence-corrected chi connectivity index (χ0v) is 15.0. The van der Waals surface area contributed by atoms with Gasteiger partial charge in [-0.25, -0.2) is 18.8 Å². The van der Waals surface area contributed by atoms with E-state index in [4.69, 9.17) is 5.73 Å². The number of alkyl halides is 1. The Morgan fingerprint density at radius 2 is 2.29 bits per heavy atom. The normalized spacial score (nSPS) is 31.5. The molecule has 4 nitrogen and oxygen atoms in total. The second-order valence-electron chi connectivity index (χ2n) is 6.29. The van der Waals surface area contributed by atoms with Crippen molar-refractivity contribution in [3.05, 3.63) is 52.8 Å². The summed E-state index contributed by atoms with van der Waals surface area (Å²) >= 11 is 4.80. The number of hydrogen-bond donors (Lipinski definition) is 1. The van der Waals surface area contributed by atoms with E-state index in [2.05, 4.69) is 25.9 Å². The second-order valence-corrected chi connectivity index (χ2v) is 8.64. The van der Waals surface area contributed by atoms with E-state index in [1.165, 1.54) is 17.8 Å². The van der Waals surface area contributed by atoms with E-state index in [9.17, 15) is 8.78 Å². The quantitative estimate of drug-likeness (QED) is 0.836. The first-order chi connectivity index (χ1) is 11.5. The molecule has 0 amide bonds. The molecule has 24 heavy (non-hydrogen) atoms. The van der Waals surface area contributed by atoms with E-state index >= 15 is 0 Å². The number of nitrogens with two attached hydrogens (primary N) is 1. The summed E-state index contributed by atoms with van der Waals surface area (Å²) in [6.45, 7) is -0.131. The standard InChI is InChI=1S/C16H15BrF2N4S/c17-10-1-2-12(19)11(5-10)16(7-18)13-6-15(13,24-14(20)22-16)8-23-4-3-21-9-23/h1-5,9,13H,6-8H2,(H2,20,22)/t13-,15-,16-/m1/s1. The number of hydrogen-bond acceptors (Lipinski definition) is 4. The summed E-state index contributed by atoms with van der Waals surface area (Å²) in [7, 11) is 0. The van der Waals surface area contributed by atoms with Crippen molar-refractivity contribution in [2.45, 2.75) is 23.3 Å². The van der Waals surface area contributed by atoms with E-state index in [1.54, 1.807) is 24.7 Å². The van der Waals surface area contributed by atoms with E-state index in [0.717, 1.165) is 6.42 Å². The van der Waals surface area contributed by atoms with E-state index in [1.807, 2.05) is 10.8 Å². The molecule has 2 N–H and O–H groups in total. The van der Waals surface area contributed by atoms with Crippen molar-refractivity contribution in [1.29, 1.82) is 0 Å². The predicted molar refractivity (Wildman–Crippen MR) is 94.0 cm³/mol. The average Bonchev–Trinajstić information content (AvgIpc) is 3.02. The zero-order chi connectivity index (χ0) is 16.9. The summed E-state index contributed by atoms with van der Waals surface area (Å²) in [5.41, 5.74) is 5.03. The number of imidazole rings is 1. The lowest BCUT2D eigenvalue weighted by molar-refractivity contribution is 0.260. The highest BCUT2D eigenvalue weighted by Gasteiger charge is 2.68. The zero-order valence-electron chi connectivity index (χ0n) is 12.6. The molecule has 1 saturated carbocycles. The highest BCUT2D eigenvalue weighted by atomic mass is 79.9. The number of benzene rings is 1. The van der Waals surface area contributed by atoms with Crippen LogP contribution in [0.2, 0.25) is 0 Å². The minimum Gasteiger partial charge on any atom is -0.378 e. The summed E-state index contributed by atoms with van der Waals surface area (Å²) in [6.07, 6.45) is 6.03. The fourth-order valence-corrected chi connectivity index (χ4v) is 5.46. The molecule has 0 unspecified atom stereocenters. The molecule has 0 spiro atoms. The third-order valence-corrected chi connectivity index (χ3v) is 6.61. The summed E-state index contributed by atoms with van der Waals surface area (Å²) in [4.78, 5) is 8.45. The van der Waals surface area contributed by atoms with Crippen LogP contribution in [0.15, 0.2) is 46.4 Å². The number of thioether (sulfide) groups is 1. The molecule has 1 aliphatic heterocycles. The fraction of sp³-hybridized carbons (Fsp3) is 0.375. The fourth-order valence-electron chi connectivity index (χ4n) is 3.68. The van der Waals surface area contributed by atoms with Gasteiger partial charge in [0.25, 0.3) is 0 Å². The molecule has 0 radical (unpaired) electrons. The Balaban J connectivity index is 1.78. The maximum atomic E-state index is 14.5. The molecule has 1 aliphatic carbocycles. The number of amidine groups is 1.